The van der Waals surface area contributed by atoms with E-state index in [-0.39, 0.29) is 0 Å². The first-order valence-electron chi connectivity index (χ1n) is 8.19. The number of nitrogens with two attached hydrogens (primary N) is 1. The summed E-state index contributed by atoms with van der Waals surface area (Å²) in [7, 11) is 0. The zero-order valence-corrected chi connectivity index (χ0v) is 13.2. The highest BCUT2D eigenvalue weighted by Gasteiger charge is 2.41. The van der Waals surface area contributed by atoms with Crippen molar-refractivity contribution < 1.29 is 0 Å². The van der Waals surface area contributed by atoms with Gasteiger partial charge in [-0.3, -0.25) is 4.90 Å². The van der Waals surface area contributed by atoms with Gasteiger partial charge in [0.1, 0.15) is 0 Å². The summed E-state index contributed by atoms with van der Waals surface area (Å²) in [4.78, 5) is 5.35. The second-order valence-corrected chi connectivity index (χ2v) is 7.46. The van der Waals surface area contributed by atoms with Gasteiger partial charge >= 0.3 is 0 Å². The molecule has 112 valence electrons. The van der Waals surface area contributed by atoms with Crippen LogP contribution >= 0.6 is 0 Å². The van der Waals surface area contributed by atoms with Gasteiger partial charge in [0.15, 0.2) is 0 Å². The molecule has 0 unspecified atom stereocenters. The molecule has 2 aliphatic heterocycles. The van der Waals surface area contributed by atoms with Gasteiger partial charge in [-0.2, -0.15) is 0 Å². The van der Waals surface area contributed by atoms with Crippen molar-refractivity contribution in [3.05, 3.63) is 0 Å². The molecule has 0 saturated carbocycles. The molecule has 3 heteroatoms. The smallest absolute Gasteiger partial charge is 0.0356 e. The molecule has 2 aliphatic rings. The summed E-state index contributed by atoms with van der Waals surface area (Å²) in [6.07, 6.45) is 6.51. The summed E-state index contributed by atoms with van der Waals surface area (Å²) in [5.74, 6) is 0. The maximum atomic E-state index is 6.22. The van der Waals surface area contributed by atoms with Crippen molar-refractivity contribution in [1.29, 1.82) is 0 Å². The summed E-state index contributed by atoms with van der Waals surface area (Å²) in [5, 5.41) is 0. The highest BCUT2D eigenvalue weighted by Crippen LogP contribution is 2.36. The monoisotopic (exact) mass is 267 g/mol. The van der Waals surface area contributed by atoms with E-state index in [1.165, 1.54) is 64.8 Å². The van der Waals surface area contributed by atoms with Gasteiger partial charge in [-0.15, -0.1) is 0 Å². The molecule has 2 fully saturated rings. The molecule has 0 amide bonds. The molecule has 0 bridgehead atoms. The van der Waals surface area contributed by atoms with Gasteiger partial charge in [-0.25, -0.2) is 0 Å². The summed E-state index contributed by atoms with van der Waals surface area (Å²) >= 11 is 0. The molecular weight excluding hydrogens is 234 g/mol. The second-order valence-electron chi connectivity index (χ2n) is 7.46. The molecule has 3 nitrogen and oxygen atoms in total. The molecular formula is C16H33N3. The van der Waals surface area contributed by atoms with Crippen molar-refractivity contribution in [1.82, 2.24) is 9.80 Å². The normalized spacial score (nSPS) is 28.4. The Bertz CT molecular complexity index is 280. The topological polar surface area (TPSA) is 32.5 Å². The van der Waals surface area contributed by atoms with E-state index < -0.39 is 0 Å². The maximum absolute atomic E-state index is 6.22. The second kappa shape index (κ2) is 6.11. The number of hydrogen-bond acceptors (Lipinski definition) is 3. The van der Waals surface area contributed by atoms with Gasteiger partial charge in [-0.1, -0.05) is 20.8 Å². The predicted octanol–water partition coefficient (Wildman–Crippen LogP) is 2.31. The van der Waals surface area contributed by atoms with Crippen LogP contribution in [0.4, 0.5) is 0 Å². The molecule has 2 N–H and O–H groups in total. The molecule has 0 aromatic heterocycles. The molecule has 0 radical (unpaired) electrons. The van der Waals surface area contributed by atoms with Crippen LogP contribution in [0.25, 0.3) is 0 Å². The number of likely N-dealkylation sites (tertiary alicyclic amines) is 2. The molecule has 2 rings (SSSR count). The van der Waals surface area contributed by atoms with Crippen molar-refractivity contribution in [2.45, 2.75) is 58.4 Å². The minimum atomic E-state index is 0.294. The average Bonchev–Trinajstić information content (AvgIpc) is 2.39. The molecule has 0 aromatic carbocycles. The standard InChI is InChI=1S/C16H33N3/c1-4-9-18-11-7-16(13-17,8-12-18)19-10-5-6-15(2,3)14-19/h4-14,17H2,1-3H3. The third-order valence-corrected chi connectivity index (χ3v) is 5.28. The highest BCUT2D eigenvalue weighted by atomic mass is 15.3. The molecule has 0 aromatic rings. The van der Waals surface area contributed by atoms with Crippen LogP contribution in [0.1, 0.15) is 52.9 Å². The van der Waals surface area contributed by atoms with Crippen LogP contribution in [-0.2, 0) is 0 Å². The van der Waals surface area contributed by atoms with Crippen LogP contribution in [0.3, 0.4) is 0 Å². The Kier molecular flexibility index (Phi) is 4.91. The maximum Gasteiger partial charge on any atom is 0.0356 e. The lowest BCUT2D eigenvalue weighted by atomic mass is 9.78. The van der Waals surface area contributed by atoms with Crippen LogP contribution in [0, 0.1) is 5.41 Å². The van der Waals surface area contributed by atoms with Crippen LogP contribution < -0.4 is 5.73 Å². The Hall–Kier alpha value is -0.120. The highest BCUT2D eigenvalue weighted by molar-refractivity contribution is 4.99. The van der Waals surface area contributed by atoms with Gasteiger partial charge in [0.05, 0.1) is 0 Å². The predicted molar refractivity (Wildman–Crippen MR) is 82.3 cm³/mol. The van der Waals surface area contributed by atoms with E-state index in [0.717, 1.165) is 6.54 Å². The summed E-state index contributed by atoms with van der Waals surface area (Å²) < 4.78 is 0. The van der Waals surface area contributed by atoms with E-state index >= 15 is 0 Å². The molecule has 2 heterocycles. The van der Waals surface area contributed by atoms with E-state index in [9.17, 15) is 0 Å². The first kappa shape index (κ1) is 15.3. The largest absolute Gasteiger partial charge is 0.329 e. The van der Waals surface area contributed by atoms with Crippen molar-refractivity contribution in [3.8, 4) is 0 Å². The Morgan fingerprint density at radius 2 is 1.74 bits per heavy atom. The van der Waals surface area contributed by atoms with E-state index in [1.54, 1.807) is 0 Å². The zero-order valence-electron chi connectivity index (χ0n) is 13.2. The van der Waals surface area contributed by atoms with Crippen molar-refractivity contribution in [2.75, 3.05) is 39.3 Å². The Balaban J connectivity index is 1.99. The van der Waals surface area contributed by atoms with Crippen molar-refractivity contribution in [2.24, 2.45) is 11.1 Å². The number of rotatable bonds is 4. The lowest BCUT2D eigenvalue weighted by Crippen LogP contribution is -2.62. The summed E-state index contributed by atoms with van der Waals surface area (Å²) in [6, 6.07) is 0. The average molecular weight is 267 g/mol. The first-order chi connectivity index (χ1) is 9.01. The van der Waals surface area contributed by atoms with Crippen LogP contribution in [0.15, 0.2) is 0 Å². The lowest BCUT2D eigenvalue weighted by molar-refractivity contribution is -0.0196. The summed E-state index contributed by atoms with van der Waals surface area (Å²) in [6.45, 7) is 14.2. The fourth-order valence-electron chi connectivity index (χ4n) is 3.99. The van der Waals surface area contributed by atoms with E-state index in [1.807, 2.05) is 0 Å². The zero-order chi connectivity index (χ0) is 13.9. The quantitative estimate of drug-likeness (QED) is 0.848. The van der Waals surface area contributed by atoms with E-state index in [0.29, 0.717) is 11.0 Å². The minimum absolute atomic E-state index is 0.294. The van der Waals surface area contributed by atoms with Crippen LogP contribution in [0.5, 0.6) is 0 Å². The lowest BCUT2D eigenvalue weighted by Gasteiger charge is -2.52. The van der Waals surface area contributed by atoms with Crippen molar-refractivity contribution >= 4 is 0 Å². The van der Waals surface area contributed by atoms with E-state index in [4.69, 9.17) is 5.73 Å². The van der Waals surface area contributed by atoms with Crippen LogP contribution in [-0.4, -0.2) is 54.6 Å². The third-order valence-electron chi connectivity index (χ3n) is 5.28. The SMILES string of the molecule is CCCN1CCC(CN)(N2CCCC(C)(C)C2)CC1. The first-order valence-corrected chi connectivity index (χ1v) is 8.19. The van der Waals surface area contributed by atoms with Gasteiger partial charge in [0.2, 0.25) is 0 Å². The molecule has 19 heavy (non-hydrogen) atoms. The van der Waals surface area contributed by atoms with E-state index in [2.05, 4.69) is 30.6 Å². The molecule has 0 atom stereocenters. The Morgan fingerprint density at radius 3 is 2.26 bits per heavy atom. The molecule has 0 spiro atoms. The van der Waals surface area contributed by atoms with Gasteiger partial charge in [-0.05, 0) is 63.7 Å². The van der Waals surface area contributed by atoms with Gasteiger partial charge < -0.3 is 10.6 Å². The van der Waals surface area contributed by atoms with Crippen LogP contribution in [0.2, 0.25) is 0 Å². The number of hydrogen-bond donors (Lipinski definition) is 1. The minimum Gasteiger partial charge on any atom is -0.329 e. The Morgan fingerprint density at radius 1 is 1.05 bits per heavy atom. The Labute approximate surface area is 119 Å². The third kappa shape index (κ3) is 3.50. The fourth-order valence-corrected chi connectivity index (χ4v) is 3.99. The molecule has 0 aliphatic carbocycles. The summed E-state index contributed by atoms with van der Waals surface area (Å²) in [5.41, 5.74) is 6.98. The number of piperidine rings is 2. The number of nitrogens with zero attached hydrogens (tertiary/aromatic N) is 2. The van der Waals surface area contributed by atoms with Gasteiger partial charge in [0, 0.05) is 18.6 Å². The fraction of sp³-hybridized carbons (Fsp3) is 1.00. The van der Waals surface area contributed by atoms with Crippen molar-refractivity contribution in [3.63, 3.8) is 0 Å². The molecule has 2 saturated heterocycles. The van der Waals surface area contributed by atoms with Gasteiger partial charge in [0.25, 0.3) is 0 Å².